The van der Waals surface area contributed by atoms with E-state index >= 15 is 0 Å². The van der Waals surface area contributed by atoms with Crippen LogP contribution in [0.5, 0.6) is 0 Å². The van der Waals surface area contributed by atoms with Crippen LogP contribution in [-0.2, 0) is 6.42 Å². The van der Waals surface area contributed by atoms with Gasteiger partial charge in [-0.05, 0) is 43.0 Å². The highest BCUT2D eigenvalue weighted by Crippen LogP contribution is 2.31. The lowest BCUT2D eigenvalue weighted by atomic mass is 10.1. The Labute approximate surface area is 90.4 Å². The van der Waals surface area contributed by atoms with Gasteiger partial charge < -0.3 is 11.1 Å². The fraction of sp³-hybridized carbons (Fsp3) is 0.417. The predicted molar refractivity (Wildman–Crippen MR) is 64.3 cm³/mol. The Balaban J connectivity index is 2.25. The molecule has 3 heteroatoms. The van der Waals surface area contributed by atoms with Gasteiger partial charge in [-0.2, -0.15) is 0 Å². The van der Waals surface area contributed by atoms with Crippen molar-refractivity contribution in [2.75, 3.05) is 12.4 Å². The van der Waals surface area contributed by atoms with Gasteiger partial charge in [-0.15, -0.1) is 0 Å². The number of nitrogens with zero attached hydrogens (tertiary/aromatic N) is 1. The van der Waals surface area contributed by atoms with Gasteiger partial charge in [-0.1, -0.05) is 6.07 Å². The van der Waals surface area contributed by atoms with Gasteiger partial charge in [0.1, 0.15) is 0 Å². The molecular formula is C12H17N3. The first-order chi connectivity index (χ1) is 7.20. The van der Waals surface area contributed by atoms with Gasteiger partial charge in [0, 0.05) is 18.8 Å². The molecule has 2 rings (SSSR count). The number of nitrogens with two attached hydrogens (primary N) is 1. The van der Waals surface area contributed by atoms with Gasteiger partial charge >= 0.3 is 0 Å². The van der Waals surface area contributed by atoms with E-state index in [1.54, 1.807) is 7.05 Å². The van der Waals surface area contributed by atoms with Crippen LogP contribution in [0.15, 0.2) is 23.2 Å². The van der Waals surface area contributed by atoms with Gasteiger partial charge in [0.15, 0.2) is 0 Å². The van der Waals surface area contributed by atoms with Crippen LogP contribution in [0.4, 0.5) is 5.69 Å². The first-order valence-electron chi connectivity index (χ1n) is 5.29. The average Bonchev–Trinajstić information content (AvgIpc) is 2.60. The zero-order valence-electron chi connectivity index (χ0n) is 9.25. The fourth-order valence-electron chi connectivity index (χ4n) is 1.98. The summed E-state index contributed by atoms with van der Waals surface area (Å²) in [7, 11) is 1.78. The minimum atomic E-state index is 0.209. The van der Waals surface area contributed by atoms with Crippen molar-refractivity contribution in [3.05, 3.63) is 29.3 Å². The molecule has 1 unspecified atom stereocenters. The minimum absolute atomic E-state index is 0.209. The number of amidine groups is 1. The van der Waals surface area contributed by atoms with Gasteiger partial charge in [-0.3, -0.25) is 4.99 Å². The molecule has 0 spiro atoms. The molecule has 3 nitrogen and oxygen atoms in total. The van der Waals surface area contributed by atoms with E-state index < -0.39 is 0 Å². The second-order valence-corrected chi connectivity index (χ2v) is 3.99. The quantitative estimate of drug-likeness (QED) is 0.542. The second-order valence-electron chi connectivity index (χ2n) is 3.99. The number of nitrogens with one attached hydrogen (secondary N) is 1. The molecule has 1 aromatic carbocycles. The van der Waals surface area contributed by atoms with E-state index in [4.69, 9.17) is 5.73 Å². The van der Waals surface area contributed by atoms with Crippen LogP contribution < -0.4 is 11.1 Å². The summed E-state index contributed by atoms with van der Waals surface area (Å²) in [6.07, 6.45) is 2.18. The van der Waals surface area contributed by atoms with E-state index in [0.29, 0.717) is 0 Å². The Morgan fingerprint density at radius 1 is 1.53 bits per heavy atom. The van der Waals surface area contributed by atoms with Crippen molar-refractivity contribution in [1.29, 1.82) is 0 Å². The molecule has 1 atom stereocenters. The minimum Gasteiger partial charge on any atom is -0.344 e. The number of hydrogen-bond acceptors (Lipinski definition) is 2. The first-order valence-corrected chi connectivity index (χ1v) is 5.29. The molecule has 1 aliphatic carbocycles. The Hall–Kier alpha value is -1.35. The zero-order chi connectivity index (χ0) is 10.8. The maximum Gasteiger partial charge on any atom is 0.0972 e. The lowest BCUT2D eigenvalue weighted by Crippen LogP contribution is -2.09. The summed E-state index contributed by atoms with van der Waals surface area (Å²) in [5.41, 5.74) is 9.77. The predicted octanol–water partition coefficient (Wildman–Crippen LogP) is 2.09. The van der Waals surface area contributed by atoms with Crippen molar-refractivity contribution in [1.82, 2.24) is 0 Å². The van der Waals surface area contributed by atoms with Crippen molar-refractivity contribution >= 4 is 11.5 Å². The Bertz CT molecular complexity index is 396. The van der Waals surface area contributed by atoms with Crippen LogP contribution in [0.25, 0.3) is 0 Å². The highest BCUT2D eigenvalue weighted by molar-refractivity contribution is 5.93. The van der Waals surface area contributed by atoms with E-state index in [-0.39, 0.29) is 6.04 Å². The normalized spacial score (nSPS) is 20.2. The summed E-state index contributed by atoms with van der Waals surface area (Å²) >= 11 is 0. The highest BCUT2D eigenvalue weighted by Gasteiger charge is 2.18. The van der Waals surface area contributed by atoms with Crippen molar-refractivity contribution in [2.45, 2.75) is 25.8 Å². The summed E-state index contributed by atoms with van der Waals surface area (Å²) in [4.78, 5) is 4.07. The molecule has 0 bridgehead atoms. The van der Waals surface area contributed by atoms with E-state index in [2.05, 4.69) is 28.5 Å². The average molecular weight is 203 g/mol. The molecule has 0 fully saturated rings. The summed E-state index contributed by atoms with van der Waals surface area (Å²) in [5.74, 6) is 0.918. The van der Waals surface area contributed by atoms with E-state index in [1.807, 2.05) is 6.92 Å². The molecule has 0 saturated carbocycles. The molecule has 1 aromatic rings. The molecule has 0 aromatic heterocycles. The van der Waals surface area contributed by atoms with Crippen molar-refractivity contribution in [3.63, 3.8) is 0 Å². The Morgan fingerprint density at radius 3 is 3.07 bits per heavy atom. The van der Waals surface area contributed by atoms with Gasteiger partial charge in [0.25, 0.3) is 0 Å². The van der Waals surface area contributed by atoms with Crippen LogP contribution in [0.2, 0.25) is 0 Å². The third kappa shape index (κ3) is 2.02. The van der Waals surface area contributed by atoms with Crippen LogP contribution in [0, 0.1) is 0 Å². The number of aliphatic imine (C=N–C) groups is 1. The van der Waals surface area contributed by atoms with Gasteiger partial charge in [0.2, 0.25) is 0 Å². The lowest BCUT2D eigenvalue weighted by Gasteiger charge is -2.09. The van der Waals surface area contributed by atoms with Crippen LogP contribution in [0.3, 0.4) is 0 Å². The summed E-state index contributed by atoms with van der Waals surface area (Å²) in [6.45, 7) is 1.95. The third-order valence-corrected chi connectivity index (χ3v) is 2.93. The molecule has 0 aliphatic heterocycles. The lowest BCUT2D eigenvalue weighted by molar-refractivity contribution is 0.713. The second kappa shape index (κ2) is 4.03. The number of benzene rings is 1. The van der Waals surface area contributed by atoms with Crippen LogP contribution in [0.1, 0.15) is 30.5 Å². The van der Waals surface area contributed by atoms with Gasteiger partial charge in [-0.25, -0.2) is 0 Å². The van der Waals surface area contributed by atoms with Crippen LogP contribution in [-0.4, -0.2) is 12.9 Å². The topological polar surface area (TPSA) is 50.4 Å². The largest absolute Gasteiger partial charge is 0.344 e. The summed E-state index contributed by atoms with van der Waals surface area (Å²) in [5, 5.41) is 3.24. The van der Waals surface area contributed by atoms with Crippen LogP contribution >= 0.6 is 0 Å². The first kappa shape index (κ1) is 10.2. The standard InChI is InChI=1S/C12H17N3/c1-8(14-2)15-10-5-3-9-4-6-12(13)11(9)7-10/h3,5,7,12H,4,6,13H2,1-2H3,(H,14,15). The zero-order valence-corrected chi connectivity index (χ0v) is 9.25. The Kier molecular flexibility index (Phi) is 2.73. The van der Waals surface area contributed by atoms with Crippen molar-refractivity contribution in [2.24, 2.45) is 10.7 Å². The SMILES string of the molecule is CN=C(C)Nc1ccc2c(c1)C(N)CC2. The van der Waals surface area contributed by atoms with Crippen molar-refractivity contribution in [3.8, 4) is 0 Å². The van der Waals surface area contributed by atoms with Crippen molar-refractivity contribution < 1.29 is 0 Å². The monoisotopic (exact) mass is 203 g/mol. The maximum absolute atomic E-state index is 6.02. The molecule has 0 saturated heterocycles. The highest BCUT2D eigenvalue weighted by atomic mass is 15.0. The number of rotatable bonds is 1. The smallest absolute Gasteiger partial charge is 0.0972 e. The molecule has 0 radical (unpaired) electrons. The Morgan fingerprint density at radius 2 is 2.33 bits per heavy atom. The molecule has 1 aliphatic rings. The van der Waals surface area contributed by atoms with E-state index in [0.717, 1.165) is 24.4 Å². The third-order valence-electron chi connectivity index (χ3n) is 2.93. The molecule has 15 heavy (non-hydrogen) atoms. The molecule has 0 amide bonds. The van der Waals surface area contributed by atoms with E-state index in [1.165, 1.54) is 11.1 Å². The summed E-state index contributed by atoms with van der Waals surface area (Å²) in [6, 6.07) is 6.60. The molecular weight excluding hydrogens is 186 g/mol. The number of hydrogen-bond donors (Lipinski definition) is 2. The molecule has 0 heterocycles. The van der Waals surface area contributed by atoms with Gasteiger partial charge in [0.05, 0.1) is 5.84 Å². The number of fused-ring (bicyclic) bond motifs is 1. The summed E-state index contributed by atoms with van der Waals surface area (Å²) < 4.78 is 0. The maximum atomic E-state index is 6.02. The molecule has 3 N–H and O–H groups in total. The fourth-order valence-corrected chi connectivity index (χ4v) is 1.98. The number of aryl methyl sites for hydroxylation is 1. The molecule has 80 valence electrons. The number of anilines is 1. The van der Waals surface area contributed by atoms with E-state index in [9.17, 15) is 0 Å².